The van der Waals surface area contributed by atoms with Gasteiger partial charge in [0.05, 0.1) is 18.5 Å². The van der Waals surface area contributed by atoms with Gasteiger partial charge in [0.2, 0.25) is 0 Å². The van der Waals surface area contributed by atoms with Crippen LogP contribution in [0.1, 0.15) is 25.3 Å². The van der Waals surface area contributed by atoms with Crippen molar-refractivity contribution in [3.63, 3.8) is 0 Å². The molecule has 2 nitrogen and oxygen atoms in total. The van der Waals surface area contributed by atoms with E-state index in [4.69, 9.17) is 9.47 Å². The lowest BCUT2D eigenvalue weighted by Crippen LogP contribution is -2.32. The Morgan fingerprint density at radius 2 is 2.05 bits per heavy atom. The number of allylic oxidation sites excluding steroid dienone is 2. The van der Waals surface area contributed by atoms with Gasteiger partial charge in [-0.3, -0.25) is 0 Å². The second-order valence-electron chi connectivity index (χ2n) is 4.82. The van der Waals surface area contributed by atoms with E-state index in [1.54, 1.807) is 6.26 Å². The fraction of sp³-hybridized carbons (Fsp3) is 0.333. The maximum atomic E-state index is 5.89. The average molecular weight is 270 g/mol. The maximum absolute atomic E-state index is 5.89. The van der Waals surface area contributed by atoms with Gasteiger partial charge in [-0.05, 0) is 25.0 Å². The van der Waals surface area contributed by atoms with E-state index < -0.39 is 0 Å². The summed E-state index contributed by atoms with van der Waals surface area (Å²) in [5, 5.41) is 0. The summed E-state index contributed by atoms with van der Waals surface area (Å²) in [5.41, 5.74) is 0.955. The first kappa shape index (κ1) is 14.6. The smallest absolute Gasteiger partial charge is 0.0932 e. The van der Waals surface area contributed by atoms with Crippen molar-refractivity contribution in [3.8, 4) is 0 Å². The van der Waals surface area contributed by atoms with Gasteiger partial charge >= 0.3 is 0 Å². The van der Waals surface area contributed by atoms with Crippen LogP contribution in [-0.4, -0.2) is 18.8 Å². The van der Waals surface area contributed by atoms with Crippen molar-refractivity contribution in [3.05, 3.63) is 66.5 Å². The minimum atomic E-state index is -0.190. The molecule has 0 aromatic heterocycles. The molecule has 1 aromatic carbocycles. The van der Waals surface area contributed by atoms with Gasteiger partial charge in [0.25, 0.3) is 0 Å². The molecule has 0 aliphatic heterocycles. The van der Waals surface area contributed by atoms with Crippen molar-refractivity contribution < 1.29 is 9.47 Å². The molecular weight excluding hydrogens is 248 g/mol. The molecule has 1 aliphatic rings. The highest BCUT2D eigenvalue weighted by Gasteiger charge is 2.27. The third-order valence-corrected chi connectivity index (χ3v) is 3.34. The first-order valence-corrected chi connectivity index (χ1v) is 7.16. The summed E-state index contributed by atoms with van der Waals surface area (Å²) in [4.78, 5) is 0. The molecule has 0 amide bonds. The Kier molecular flexibility index (Phi) is 5.63. The van der Waals surface area contributed by atoms with E-state index in [1.807, 2.05) is 31.2 Å². The molecule has 20 heavy (non-hydrogen) atoms. The van der Waals surface area contributed by atoms with Gasteiger partial charge in [-0.1, -0.05) is 54.6 Å². The summed E-state index contributed by atoms with van der Waals surface area (Å²) in [6.45, 7) is 3.41. The molecule has 1 unspecified atom stereocenters. The Morgan fingerprint density at radius 1 is 1.20 bits per heavy atom. The molecule has 2 heteroatoms. The van der Waals surface area contributed by atoms with Crippen molar-refractivity contribution in [1.82, 2.24) is 0 Å². The molecule has 0 fully saturated rings. The Bertz CT molecular complexity index is 473. The first-order chi connectivity index (χ1) is 9.85. The molecule has 0 heterocycles. The van der Waals surface area contributed by atoms with Gasteiger partial charge in [-0.25, -0.2) is 0 Å². The Hall–Kier alpha value is -1.80. The van der Waals surface area contributed by atoms with Gasteiger partial charge in [-0.15, -0.1) is 0 Å². The normalized spacial score (nSPS) is 21.4. The summed E-state index contributed by atoms with van der Waals surface area (Å²) >= 11 is 0. The molecular formula is C18H22O2. The van der Waals surface area contributed by atoms with Crippen molar-refractivity contribution in [2.45, 2.75) is 25.4 Å². The fourth-order valence-electron chi connectivity index (χ4n) is 2.29. The number of hydrogen-bond donors (Lipinski definition) is 0. The van der Waals surface area contributed by atoms with Gasteiger partial charge in [-0.2, -0.15) is 0 Å². The standard InChI is InChI=1S/C18H22O2/c1-2-20-18(12-7-4-8-13-18)14-16-19-15-11-17-9-5-3-6-10-17/h3-12,15H,2,13-14,16H2,1H3. The zero-order chi connectivity index (χ0) is 14.1. The molecule has 1 atom stereocenters. The van der Waals surface area contributed by atoms with Crippen LogP contribution in [0.25, 0.3) is 6.08 Å². The molecule has 0 spiro atoms. The zero-order valence-electron chi connectivity index (χ0n) is 12.0. The summed E-state index contributed by atoms with van der Waals surface area (Å²) in [6, 6.07) is 10.1. The molecule has 0 bridgehead atoms. The zero-order valence-corrected chi connectivity index (χ0v) is 12.0. The average Bonchev–Trinajstić information content (AvgIpc) is 2.49. The third-order valence-electron chi connectivity index (χ3n) is 3.34. The largest absolute Gasteiger partial charge is 0.501 e. The highest BCUT2D eigenvalue weighted by atomic mass is 16.5. The van der Waals surface area contributed by atoms with Crippen LogP contribution in [0.2, 0.25) is 0 Å². The summed E-state index contributed by atoms with van der Waals surface area (Å²) < 4.78 is 11.5. The van der Waals surface area contributed by atoms with Gasteiger partial charge < -0.3 is 9.47 Å². The minimum Gasteiger partial charge on any atom is -0.501 e. The molecule has 0 saturated carbocycles. The number of hydrogen-bond acceptors (Lipinski definition) is 2. The van der Waals surface area contributed by atoms with Crippen LogP contribution < -0.4 is 0 Å². The lowest BCUT2D eigenvalue weighted by atomic mass is 9.92. The second kappa shape index (κ2) is 7.71. The first-order valence-electron chi connectivity index (χ1n) is 7.16. The van der Waals surface area contributed by atoms with Crippen molar-refractivity contribution in [1.29, 1.82) is 0 Å². The number of benzene rings is 1. The van der Waals surface area contributed by atoms with E-state index in [0.717, 1.165) is 25.0 Å². The lowest BCUT2D eigenvalue weighted by Gasteiger charge is -2.30. The molecule has 1 aromatic rings. The van der Waals surface area contributed by atoms with Crippen LogP contribution in [-0.2, 0) is 9.47 Å². The number of ether oxygens (including phenoxy) is 2. The van der Waals surface area contributed by atoms with Gasteiger partial charge in [0.1, 0.15) is 0 Å². The van der Waals surface area contributed by atoms with Crippen LogP contribution in [0.5, 0.6) is 0 Å². The van der Waals surface area contributed by atoms with Gasteiger partial charge in [0.15, 0.2) is 0 Å². The summed E-state index contributed by atoms with van der Waals surface area (Å²) in [7, 11) is 0. The summed E-state index contributed by atoms with van der Waals surface area (Å²) in [5.74, 6) is 0. The molecule has 0 saturated heterocycles. The summed E-state index contributed by atoms with van der Waals surface area (Å²) in [6.07, 6.45) is 13.9. The van der Waals surface area contributed by atoms with Crippen LogP contribution in [0.15, 0.2) is 60.9 Å². The SMILES string of the molecule is CCOC1(CCOC=Cc2ccccc2)C=CC=CC1. The number of rotatable bonds is 7. The molecule has 1 aliphatic carbocycles. The molecule has 106 valence electrons. The van der Waals surface area contributed by atoms with Crippen molar-refractivity contribution in [2.24, 2.45) is 0 Å². The van der Waals surface area contributed by atoms with E-state index in [9.17, 15) is 0 Å². The Balaban J connectivity index is 1.78. The third kappa shape index (κ3) is 4.39. The maximum Gasteiger partial charge on any atom is 0.0932 e. The lowest BCUT2D eigenvalue weighted by molar-refractivity contribution is -0.0171. The van der Waals surface area contributed by atoms with E-state index >= 15 is 0 Å². The van der Waals surface area contributed by atoms with Crippen molar-refractivity contribution >= 4 is 6.08 Å². The van der Waals surface area contributed by atoms with E-state index in [-0.39, 0.29) is 5.60 Å². The van der Waals surface area contributed by atoms with Crippen molar-refractivity contribution in [2.75, 3.05) is 13.2 Å². The van der Waals surface area contributed by atoms with E-state index in [1.165, 1.54) is 0 Å². The highest BCUT2D eigenvalue weighted by Crippen LogP contribution is 2.26. The highest BCUT2D eigenvalue weighted by molar-refractivity contribution is 5.47. The Morgan fingerprint density at radius 3 is 2.75 bits per heavy atom. The molecule has 0 radical (unpaired) electrons. The van der Waals surface area contributed by atoms with Crippen LogP contribution in [0.4, 0.5) is 0 Å². The van der Waals surface area contributed by atoms with Crippen LogP contribution >= 0.6 is 0 Å². The predicted octanol–water partition coefficient (Wildman–Crippen LogP) is 4.36. The predicted molar refractivity (Wildman–Crippen MR) is 83.3 cm³/mol. The minimum absolute atomic E-state index is 0.190. The quantitative estimate of drug-likeness (QED) is 0.541. The van der Waals surface area contributed by atoms with Crippen LogP contribution in [0.3, 0.4) is 0 Å². The molecule has 0 N–H and O–H groups in total. The second-order valence-corrected chi connectivity index (χ2v) is 4.82. The topological polar surface area (TPSA) is 18.5 Å². The monoisotopic (exact) mass is 270 g/mol. The Labute approximate surface area is 121 Å². The fourth-order valence-corrected chi connectivity index (χ4v) is 2.29. The van der Waals surface area contributed by atoms with E-state index in [2.05, 4.69) is 36.4 Å². The van der Waals surface area contributed by atoms with E-state index in [0.29, 0.717) is 6.61 Å². The molecule has 2 rings (SSSR count). The van der Waals surface area contributed by atoms with Crippen LogP contribution in [0, 0.1) is 0 Å². The van der Waals surface area contributed by atoms with Gasteiger partial charge in [0, 0.05) is 13.0 Å².